The third-order valence-electron chi connectivity index (χ3n) is 2.61. The van der Waals surface area contributed by atoms with Gasteiger partial charge in [-0.15, -0.1) is 0 Å². The van der Waals surface area contributed by atoms with Crippen molar-refractivity contribution in [1.29, 1.82) is 0 Å². The minimum Gasteiger partial charge on any atom is -0.457 e. The van der Waals surface area contributed by atoms with Crippen LogP contribution in [0.4, 0.5) is 13.2 Å². The molecule has 0 fully saturated rings. The van der Waals surface area contributed by atoms with Crippen molar-refractivity contribution in [1.82, 2.24) is 0 Å². The highest BCUT2D eigenvalue weighted by atomic mass is 19.4. The van der Waals surface area contributed by atoms with Gasteiger partial charge in [0.05, 0.1) is 12.2 Å². The quantitative estimate of drug-likeness (QED) is 0.813. The molecule has 2 aromatic carbocycles. The van der Waals surface area contributed by atoms with Crippen LogP contribution in [-0.2, 0) is 17.5 Å². The Morgan fingerprint density at radius 1 is 0.950 bits per heavy atom. The van der Waals surface area contributed by atoms with E-state index in [1.54, 1.807) is 25.3 Å². The topological polar surface area (TPSA) is 18.5 Å². The first-order chi connectivity index (χ1) is 9.49. The molecule has 0 saturated heterocycles. The Hall–Kier alpha value is -2.01. The highest BCUT2D eigenvalue weighted by molar-refractivity contribution is 5.36. The van der Waals surface area contributed by atoms with Crippen molar-refractivity contribution in [2.45, 2.75) is 12.8 Å². The molecule has 0 saturated carbocycles. The van der Waals surface area contributed by atoms with Crippen LogP contribution in [0.25, 0.3) is 0 Å². The summed E-state index contributed by atoms with van der Waals surface area (Å²) >= 11 is 0. The van der Waals surface area contributed by atoms with Crippen molar-refractivity contribution in [3.05, 3.63) is 59.7 Å². The molecule has 2 aromatic rings. The first-order valence-corrected chi connectivity index (χ1v) is 5.92. The maximum Gasteiger partial charge on any atom is 0.416 e. The van der Waals surface area contributed by atoms with E-state index in [4.69, 9.17) is 9.47 Å². The molecule has 0 spiro atoms. The molecule has 0 radical (unpaired) electrons. The van der Waals surface area contributed by atoms with E-state index in [9.17, 15) is 13.2 Å². The van der Waals surface area contributed by atoms with E-state index in [1.807, 2.05) is 6.07 Å². The zero-order valence-electron chi connectivity index (χ0n) is 10.8. The lowest BCUT2D eigenvalue weighted by Gasteiger charge is -2.10. The molecule has 2 nitrogen and oxygen atoms in total. The van der Waals surface area contributed by atoms with Gasteiger partial charge in [0.1, 0.15) is 11.5 Å². The van der Waals surface area contributed by atoms with Crippen LogP contribution < -0.4 is 4.74 Å². The van der Waals surface area contributed by atoms with Gasteiger partial charge in [0.25, 0.3) is 0 Å². The summed E-state index contributed by atoms with van der Waals surface area (Å²) in [5, 5.41) is 0. The summed E-state index contributed by atoms with van der Waals surface area (Å²) in [6.07, 6.45) is -4.38. The molecule has 0 N–H and O–H groups in total. The molecule has 0 atom stereocenters. The monoisotopic (exact) mass is 282 g/mol. The van der Waals surface area contributed by atoms with Crippen molar-refractivity contribution in [3.8, 4) is 11.5 Å². The Kier molecular flexibility index (Phi) is 4.29. The Morgan fingerprint density at radius 2 is 1.60 bits per heavy atom. The fourth-order valence-corrected chi connectivity index (χ4v) is 1.74. The van der Waals surface area contributed by atoms with Gasteiger partial charge in [-0.1, -0.05) is 18.2 Å². The third kappa shape index (κ3) is 3.74. The normalized spacial score (nSPS) is 11.4. The van der Waals surface area contributed by atoms with E-state index < -0.39 is 11.7 Å². The Balaban J connectivity index is 2.19. The van der Waals surface area contributed by atoms with Gasteiger partial charge in [0.15, 0.2) is 0 Å². The highest BCUT2D eigenvalue weighted by Crippen LogP contribution is 2.32. The maximum absolute atomic E-state index is 12.6. The van der Waals surface area contributed by atoms with Gasteiger partial charge in [-0.2, -0.15) is 13.2 Å². The van der Waals surface area contributed by atoms with Crippen LogP contribution in [0.3, 0.4) is 0 Å². The Bertz CT molecular complexity index is 579. The fourth-order valence-electron chi connectivity index (χ4n) is 1.74. The number of benzene rings is 2. The summed E-state index contributed by atoms with van der Waals surface area (Å²) in [7, 11) is 1.57. The van der Waals surface area contributed by atoms with Crippen LogP contribution in [0.5, 0.6) is 11.5 Å². The fraction of sp³-hybridized carbons (Fsp3) is 0.200. The van der Waals surface area contributed by atoms with Gasteiger partial charge < -0.3 is 9.47 Å². The van der Waals surface area contributed by atoms with E-state index in [-0.39, 0.29) is 5.75 Å². The molecule has 2 rings (SSSR count). The van der Waals surface area contributed by atoms with E-state index in [0.29, 0.717) is 12.4 Å². The SMILES string of the molecule is COCc1cccc(Oc2cccc(C(F)(F)F)c2)c1. The molecular formula is C15H13F3O2. The summed E-state index contributed by atoms with van der Waals surface area (Å²) in [4.78, 5) is 0. The molecule has 0 unspecified atom stereocenters. The predicted molar refractivity (Wildman–Crippen MR) is 68.7 cm³/mol. The minimum atomic E-state index is -4.38. The van der Waals surface area contributed by atoms with Crippen LogP contribution in [0.15, 0.2) is 48.5 Å². The van der Waals surface area contributed by atoms with Crippen LogP contribution >= 0.6 is 0 Å². The van der Waals surface area contributed by atoms with E-state index in [0.717, 1.165) is 17.7 Å². The van der Waals surface area contributed by atoms with Gasteiger partial charge >= 0.3 is 6.18 Å². The number of methoxy groups -OCH3 is 1. The van der Waals surface area contributed by atoms with Crippen LogP contribution in [0.1, 0.15) is 11.1 Å². The number of halogens is 3. The second kappa shape index (κ2) is 5.96. The zero-order valence-corrected chi connectivity index (χ0v) is 10.8. The minimum absolute atomic E-state index is 0.148. The summed E-state index contributed by atoms with van der Waals surface area (Å²) < 4.78 is 48.2. The first-order valence-electron chi connectivity index (χ1n) is 5.92. The van der Waals surface area contributed by atoms with Crippen molar-refractivity contribution >= 4 is 0 Å². The molecular weight excluding hydrogens is 269 g/mol. The average Bonchev–Trinajstić information content (AvgIpc) is 2.39. The first kappa shape index (κ1) is 14.4. The van der Waals surface area contributed by atoms with Crippen molar-refractivity contribution in [2.75, 3.05) is 7.11 Å². The lowest BCUT2D eigenvalue weighted by Crippen LogP contribution is -2.04. The van der Waals surface area contributed by atoms with Crippen molar-refractivity contribution < 1.29 is 22.6 Å². The number of hydrogen-bond donors (Lipinski definition) is 0. The Morgan fingerprint density at radius 3 is 2.25 bits per heavy atom. The smallest absolute Gasteiger partial charge is 0.416 e. The summed E-state index contributed by atoms with van der Waals surface area (Å²) in [5.41, 5.74) is 0.153. The third-order valence-corrected chi connectivity index (χ3v) is 2.61. The molecule has 0 amide bonds. The maximum atomic E-state index is 12.6. The number of ether oxygens (including phenoxy) is 2. The van der Waals surface area contributed by atoms with E-state index in [1.165, 1.54) is 12.1 Å². The summed E-state index contributed by atoms with van der Waals surface area (Å²) in [6.45, 7) is 0.416. The van der Waals surface area contributed by atoms with Gasteiger partial charge in [-0.25, -0.2) is 0 Å². The summed E-state index contributed by atoms with van der Waals surface area (Å²) in [6, 6.07) is 11.8. The van der Waals surface area contributed by atoms with Crippen LogP contribution in [0, 0.1) is 0 Å². The molecule has 0 heterocycles. The van der Waals surface area contributed by atoms with Crippen LogP contribution in [0.2, 0.25) is 0 Å². The van der Waals surface area contributed by atoms with Gasteiger partial charge in [0, 0.05) is 7.11 Å². The van der Waals surface area contributed by atoms with E-state index in [2.05, 4.69) is 0 Å². The van der Waals surface area contributed by atoms with Crippen molar-refractivity contribution in [3.63, 3.8) is 0 Å². The largest absolute Gasteiger partial charge is 0.457 e. The molecule has 0 aliphatic heterocycles. The zero-order chi connectivity index (χ0) is 14.6. The molecule has 0 bridgehead atoms. The number of alkyl halides is 3. The standard InChI is InChI=1S/C15H13F3O2/c1-19-10-11-4-2-6-13(8-11)20-14-7-3-5-12(9-14)15(16,17)18/h2-9H,10H2,1H3. The average molecular weight is 282 g/mol. The molecule has 20 heavy (non-hydrogen) atoms. The molecule has 0 aliphatic carbocycles. The van der Waals surface area contributed by atoms with Crippen molar-refractivity contribution in [2.24, 2.45) is 0 Å². The number of rotatable bonds is 4. The highest BCUT2D eigenvalue weighted by Gasteiger charge is 2.30. The van der Waals surface area contributed by atoms with Gasteiger partial charge in [0.2, 0.25) is 0 Å². The second-order valence-electron chi connectivity index (χ2n) is 4.21. The lowest BCUT2D eigenvalue weighted by atomic mass is 10.2. The molecule has 0 aliphatic rings. The molecule has 106 valence electrons. The number of hydrogen-bond acceptors (Lipinski definition) is 2. The van der Waals surface area contributed by atoms with Gasteiger partial charge in [-0.05, 0) is 35.9 Å². The van der Waals surface area contributed by atoms with Crippen LogP contribution in [-0.4, -0.2) is 7.11 Å². The Labute approximate surface area is 114 Å². The molecule has 5 heteroatoms. The van der Waals surface area contributed by atoms with Gasteiger partial charge in [-0.3, -0.25) is 0 Å². The predicted octanol–water partition coefficient (Wildman–Crippen LogP) is 4.64. The lowest BCUT2D eigenvalue weighted by molar-refractivity contribution is -0.137. The van der Waals surface area contributed by atoms with E-state index >= 15 is 0 Å². The summed E-state index contributed by atoms with van der Waals surface area (Å²) in [5.74, 6) is 0.619. The molecule has 0 aromatic heterocycles. The second-order valence-corrected chi connectivity index (χ2v) is 4.21.